The minimum Gasteiger partial charge on any atom is -0.482 e. The maximum atomic E-state index is 12.0. The first-order chi connectivity index (χ1) is 9.20. The van der Waals surface area contributed by atoms with Gasteiger partial charge in [0.2, 0.25) is 5.91 Å². The summed E-state index contributed by atoms with van der Waals surface area (Å²) in [5.74, 6) is -0.989. The largest absolute Gasteiger partial charge is 0.482 e. The number of carbonyl (C=O) groups excluding carboxylic acids is 1. The van der Waals surface area contributed by atoms with Crippen molar-refractivity contribution in [1.82, 2.24) is 0 Å². The molecule has 0 unspecified atom stereocenters. The number of benzene rings is 1. The number of rotatable bonds is 5. The summed E-state index contributed by atoms with van der Waals surface area (Å²) in [4.78, 5) is 22.4. The number of anilines is 1. The van der Waals surface area contributed by atoms with Crippen LogP contribution in [0.25, 0.3) is 0 Å². The second-order valence-corrected chi connectivity index (χ2v) is 5.54. The molecule has 1 amide bonds. The summed E-state index contributed by atoms with van der Waals surface area (Å²) in [6.07, 6.45) is 0. The van der Waals surface area contributed by atoms with Gasteiger partial charge in [-0.15, -0.1) is 0 Å². The third kappa shape index (κ3) is 4.89. The Kier molecular flexibility index (Phi) is 5.10. The lowest BCUT2D eigenvalue weighted by atomic mass is 9.87. The average molecular weight is 280 g/mol. The van der Waals surface area contributed by atoms with Crippen LogP contribution < -0.4 is 15.8 Å². The number of nitrogens with one attached hydrogen (secondary N) is 1. The summed E-state index contributed by atoms with van der Waals surface area (Å²) in [5.41, 5.74) is 6.02. The molecule has 0 spiro atoms. The van der Waals surface area contributed by atoms with Crippen LogP contribution in [0.1, 0.15) is 20.8 Å². The Balaban J connectivity index is 2.71. The van der Waals surface area contributed by atoms with Gasteiger partial charge in [0.15, 0.2) is 6.61 Å². The Morgan fingerprint density at radius 3 is 2.60 bits per heavy atom. The molecule has 0 aliphatic heterocycles. The van der Waals surface area contributed by atoms with Crippen LogP contribution in [0.3, 0.4) is 0 Å². The fourth-order valence-electron chi connectivity index (χ4n) is 1.42. The highest BCUT2D eigenvalue weighted by Gasteiger charge is 2.27. The molecule has 1 atom stereocenters. The van der Waals surface area contributed by atoms with E-state index in [0.717, 1.165) is 0 Å². The molecule has 0 aromatic heterocycles. The van der Waals surface area contributed by atoms with E-state index in [0.29, 0.717) is 11.4 Å². The summed E-state index contributed by atoms with van der Waals surface area (Å²) in [5, 5.41) is 11.2. The van der Waals surface area contributed by atoms with Gasteiger partial charge in [-0.3, -0.25) is 4.79 Å². The smallest absolute Gasteiger partial charge is 0.341 e. The molecule has 0 radical (unpaired) electrons. The Morgan fingerprint density at radius 1 is 1.40 bits per heavy atom. The summed E-state index contributed by atoms with van der Waals surface area (Å²) < 4.78 is 5.04. The number of hydrogen-bond donors (Lipinski definition) is 3. The van der Waals surface area contributed by atoms with Gasteiger partial charge >= 0.3 is 5.97 Å². The number of carboxylic acids is 1. The van der Waals surface area contributed by atoms with Crippen LogP contribution in [0, 0.1) is 5.41 Å². The zero-order chi connectivity index (χ0) is 15.3. The molecule has 0 saturated heterocycles. The molecular weight excluding hydrogens is 260 g/mol. The van der Waals surface area contributed by atoms with Gasteiger partial charge in [-0.2, -0.15) is 0 Å². The molecule has 20 heavy (non-hydrogen) atoms. The number of hydrogen-bond acceptors (Lipinski definition) is 4. The number of amides is 1. The van der Waals surface area contributed by atoms with E-state index in [-0.39, 0.29) is 11.3 Å². The quantitative estimate of drug-likeness (QED) is 0.758. The number of carbonyl (C=O) groups is 2. The molecular formula is C14H20N2O4. The van der Waals surface area contributed by atoms with E-state index in [1.54, 1.807) is 24.3 Å². The summed E-state index contributed by atoms with van der Waals surface area (Å²) in [7, 11) is 0. The zero-order valence-corrected chi connectivity index (χ0v) is 11.8. The fourth-order valence-corrected chi connectivity index (χ4v) is 1.42. The lowest BCUT2D eigenvalue weighted by Crippen LogP contribution is -2.45. The molecule has 6 nitrogen and oxygen atoms in total. The summed E-state index contributed by atoms with van der Waals surface area (Å²) in [6, 6.07) is 5.86. The number of ether oxygens (including phenoxy) is 1. The van der Waals surface area contributed by atoms with Gasteiger partial charge in [-0.25, -0.2) is 4.79 Å². The minimum atomic E-state index is -1.06. The molecule has 1 aromatic carbocycles. The van der Waals surface area contributed by atoms with Gasteiger partial charge in [0.05, 0.1) is 6.04 Å². The van der Waals surface area contributed by atoms with Gasteiger partial charge in [0.1, 0.15) is 5.75 Å². The zero-order valence-electron chi connectivity index (χ0n) is 11.8. The van der Waals surface area contributed by atoms with E-state index in [4.69, 9.17) is 15.6 Å². The Hall–Kier alpha value is -2.08. The van der Waals surface area contributed by atoms with E-state index in [2.05, 4.69) is 5.32 Å². The fraction of sp³-hybridized carbons (Fsp3) is 0.429. The van der Waals surface area contributed by atoms with Crippen molar-refractivity contribution < 1.29 is 19.4 Å². The average Bonchev–Trinajstić information content (AvgIpc) is 2.34. The second kappa shape index (κ2) is 6.38. The molecule has 0 aliphatic carbocycles. The summed E-state index contributed by atoms with van der Waals surface area (Å²) in [6.45, 7) is 5.20. The first-order valence-electron chi connectivity index (χ1n) is 6.21. The Bertz CT molecular complexity index is 494. The minimum absolute atomic E-state index is 0.298. The Labute approximate surface area is 117 Å². The van der Waals surface area contributed by atoms with Crippen molar-refractivity contribution in [3.8, 4) is 5.75 Å². The maximum absolute atomic E-state index is 12.0. The molecule has 0 bridgehead atoms. The van der Waals surface area contributed by atoms with Crippen molar-refractivity contribution in [3.05, 3.63) is 24.3 Å². The van der Waals surface area contributed by atoms with Crippen LogP contribution in [0.4, 0.5) is 5.69 Å². The predicted octanol–water partition coefficient (Wildman–Crippen LogP) is 1.46. The monoisotopic (exact) mass is 280 g/mol. The molecule has 1 rings (SSSR count). The van der Waals surface area contributed by atoms with E-state index >= 15 is 0 Å². The molecule has 0 saturated carbocycles. The number of aliphatic carboxylic acids is 1. The van der Waals surface area contributed by atoms with Crippen LogP contribution in [-0.2, 0) is 9.59 Å². The third-order valence-corrected chi connectivity index (χ3v) is 2.68. The third-order valence-electron chi connectivity index (χ3n) is 2.68. The van der Waals surface area contributed by atoms with Crippen LogP contribution in [0.5, 0.6) is 5.75 Å². The molecule has 6 heteroatoms. The first-order valence-corrected chi connectivity index (χ1v) is 6.21. The van der Waals surface area contributed by atoms with Crippen LogP contribution in [0.2, 0.25) is 0 Å². The van der Waals surface area contributed by atoms with Crippen molar-refractivity contribution in [1.29, 1.82) is 0 Å². The molecule has 1 aromatic rings. The van der Waals surface area contributed by atoms with E-state index in [1.807, 2.05) is 20.8 Å². The van der Waals surface area contributed by atoms with Crippen molar-refractivity contribution in [2.75, 3.05) is 11.9 Å². The van der Waals surface area contributed by atoms with Gasteiger partial charge in [-0.1, -0.05) is 26.8 Å². The molecule has 110 valence electrons. The van der Waals surface area contributed by atoms with E-state index < -0.39 is 18.6 Å². The van der Waals surface area contributed by atoms with Gasteiger partial charge in [0.25, 0.3) is 0 Å². The molecule has 4 N–H and O–H groups in total. The standard InChI is InChI=1S/C14H20N2O4/c1-14(2,3)12(15)13(19)16-9-5-4-6-10(7-9)20-8-11(17)18/h4-7,12H,8,15H2,1-3H3,(H,16,19)(H,17,18)/t12-/m1/s1. The normalized spacial score (nSPS) is 12.6. The number of nitrogens with two attached hydrogens (primary N) is 1. The molecule has 0 aliphatic rings. The summed E-state index contributed by atoms with van der Waals surface area (Å²) >= 11 is 0. The van der Waals surface area contributed by atoms with Crippen molar-refractivity contribution in [3.63, 3.8) is 0 Å². The van der Waals surface area contributed by atoms with E-state index in [1.165, 1.54) is 0 Å². The highest BCUT2D eigenvalue weighted by atomic mass is 16.5. The maximum Gasteiger partial charge on any atom is 0.341 e. The van der Waals surface area contributed by atoms with Crippen molar-refractivity contribution >= 4 is 17.6 Å². The SMILES string of the molecule is CC(C)(C)[C@H](N)C(=O)Nc1cccc(OCC(=O)O)c1. The predicted molar refractivity (Wildman–Crippen MR) is 75.6 cm³/mol. The topological polar surface area (TPSA) is 102 Å². The van der Waals surface area contributed by atoms with Gasteiger partial charge < -0.3 is 20.9 Å². The van der Waals surface area contributed by atoms with Crippen LogP contribution in [0.15, 0.2) is 24.3 Å². The van der Waals surface area contributed by atoms with Crippen molar-refractivity contribution in [2.24, 2.45) is 11.1 Å². The number of carboxylic acid groups (broad SMARTS) is 1. The molecule has 0 fully saturated rings. The first kappa shape index (κ1) is 16.0. The second-order valence-electron chi connectivity index (χ2n) is 5.54. The van der Waals surface area contributed by atoms with Gasteiger partial charge in [-0.05, 0) is 17.5 Å². The molecule has 0 heterocycles. The lowest BCUT2D eigenvalue weighted by molar-refractivity contribution is -0.139. The Morgan fingerprint density at radius 2 is 2.05 bits per heavy atom. The van der Waals surface area contributed by atoms with Crippen LogP contribution >= 0.6 is 0 Å². The highest BCUT2D eigenvalue weighted by Crippen LogP contribution is 2.21. The van der Waals surface area contributed by atoms with E-state index in [9.17, 15) is 9.59 Å². The lowest BCUT2D eigenvalue weighted by Gasteiger charge is -2.25. The van der Waals surface area contributed by atoms with Crippen LogP contribution in [-0.4, -0.2) is 29.6 Å². The van der Waals surface area contributed by atoms with Crippen molar-refractivity contribution in [2.45, 2.75) is 26.8 Å². The highest BCUT2D eigenvalue weighted by molar-refractivity contribution is 5.95. The van der Waals surface area contributed by atoms with Gasteiger partial charge in [0, 0.05) is 11.8 Å².